The van der Waals surface area contributed by atoms with E-state index in [4.69, 9.17) is 8.85 Å². The fourth-order valence-corrected chi connectivity index (χ4v) is 4.30. The van der Waals surface area contributed by atoms with Gasteiger partial charge in [-0.05, 0) is 50.1 Å². The van der Waals surface area contributed by atoms with Crippen LogP contribution in [0.15, 0.2) is 23.8 Å². The lowest BCUT2D eigenvalue weighted by Gasteiger charge is -2.40. The average Bonchev–Trinajstić information content (AvgIpc) is 2.47. The van der Waals surface area contributed by atoms with Gasteiger partial charge in [-0.15, -0.1) is 0 Å². The molecule has 3 nitrogen and oxygen atoms in total. The second-order valence-electron chi connectivity index (χ2n) is 11.1. The second-order valence-corrected chi connectivity index (χ2v) is 20.7. The first-order chi connectivity index (χ1) is 12.3. The van der Waals surface area contributed by atoms with Gasteiger partial charge in [-0.25, -0.2) is 0 Å². The summed E-state index contributed by atoms with van der Waals surface area (Å²) in [4.78, 5) is 12.0. The molecule has 0 aromatic rings. The molecule has 2 atom stereocenters. The molecule has 0 radical (unpaired) electrons. The van der Waals surface area contributed by atoms with Crippen LogP contribution in [0.25, 0.3) is 0 Å². The summed E-state index contributed by atoms with van der Waals surface area (Å²) in [5.74, 6) is 0.0129. The van der Waals surface area contributed by atoms with Gasteiger partial charge in [-0.2, -0.15) is 0 Å². The Morgan fingerprint density at radius 1 is 0.929 bits per heavy atom. The summed E-state index contributed by atoms with van der Waals surface area (Å²) >= 11 is 0. The van der Waals surface area contributed by atoms with E-state index in [0.29, 0.717) is 6.61 Å². The van der Waals surface area contributed by atoms with E-state index in [9.17, 15) is 4.79 Å². The number of carbonyl (C=O) groups excluding carboxylic acids is 1. The number of hydrogen-bond donors (Lipinski definition) is 0. The lowest BCUT2D eigenvalue weighted by Crippen LogP contribution is -2.45. The summed E-state index contributed by atoms with van der Waals surface area (Å²) in [6.07, 6.45) is 6.08. The minimum atomic E-state index is -1.97. The van der Waals surface area contributed by atoms with Gasteiger partial charge < -0.3 is 8.85 Å². The predicted octanol–water partition coefficient (Wildman–Crippen LogP) is 7.13. The second kappa shape index (κ2) is 10.0. The summed E-state index contributed by atoms with van der Waals surface area (Å²) in [6.45, 7) is 28.7. The lowest BCUT2D eigenvalue weighted by molar-refractivity contribution is -0.122. The number of Topliss-reactive ketones (excluding diaryl/α,β-unsaturated/α-hetero) is 1. The molecule has 164 valence electrons. The maximum atomic E-state index is 12.0. The van der Waals surface area contributed by atoms with Crippen LogP contribution in [0.3, 0.4) is 0 Å². The molecule has 5 heteroatoms. The normalized spacial score (nSPS) is 17.1. The van der Waals surface area contributed by atoms with Crippen molar-refractivity contribution in [2.45, 2.75) is 105 Å². The van der Waals surface area contributed by atoms with Gasteiger partial charge in [0.1, 0.15) is 5.78 Å². The molecule has 0 spiro atoms. The van der Waals surface area contributed by atoms with Crippen molar-refractivity contribution in [2.75, 3.05) is 6.61 Å². The third-order valence-corrected chi connectivity index (χ3v) is 15.5. The van der Waals surface area contributed by atoms with Gasteiger partial charge in [0, 0.05) is 5.92 Å². The molecule has 0 unspecified atom stereocenters. The van der Waals surface area contributed by atoms with Gasteiger partial charge in [-0.3, -0.25) is 4.79 Å². The monoisotopic (exact) mass is 426 g/mol. The molecule has 0 N–H and O–H groups in total. The smallest absolute Gasteiger partial charge is 0.192 e. The van der Waals surface area contributed by atoms with Crippen LogP contribution in [0.5, 0.6) is 0 Å². The summed E-state index contributed by atoms with van der Waals surface area (Å²) in [5.41, 5.74) is 1.11. The van der Waals surface area contributed by atoms with Crippen molar-refractivity contribution < 1.29 is 13.6 Å². The SMILES string of the molecule is CC(=O)[C@H](C)[C@@H](/C=C(C)/C=C/CO[Si](C)(C)C(C)(C)C)O[Si](C)(C)C(C)(C)C. The van der Waals surface area contributed by atoms with Crippen molar-refractivity contribution in [2.24, 2.45) is 5.92 Å². The summed E-state index contributed by atoms with van der Waals surface area (Å²) < 4.78 is 12.8. The Hall–Kier alpha value is -0.496. The van der Waals surface area contributed by atoms with Crippen LogP contribution >= 0.6 is 0 Å². The minimum Gasteiger partial charge on any atom is -0.413 e. The first-order valence-corrected chi connectivity index (χ1v) is 16.3. The van der Waals surface area contributed by atoms with Crippen LogP contribution in [-0.4, -0.2) is 35.1 Å². The molecule has 0 aliphatic rings. The molecule has 0 aliphatic carbocycles. The molecule has 28 heavy (non-hydrogen) atoms. The van der Waals surface area contributed by atoms with E-state index in [1.807, 2.05) is 6.92 Å². The Balaban J connectivity index is 5.29. The quantitative estimate of drug-likeness (QED) is 0.290. The summed E-state index contributed by atoms with van der Waals surface area (Å²) in [7, 11) is -3.70. The fraction of sp³-hybridized carbons (Fsp3) is 0.783. The van der Waals surface area contributed by atoms with E-state index in [2.05, 4.69) is 92.9 Å². The zero-order valence-corrected chi connectivity index (χ0v) is 22.8. The van der Waals surface area contributed by atoms with E-state index in [1.54, 1.807) is 6.92 Å². The van der Waals surface area contributed by atoms with Crippen LogP contribution in [0.2, 0.25) is 36.3 Å². The molecule has 0 aromatic heterocycles. The predicted molar refractivity (Wildman–Crippen MR) is 128 cm³/mol. The first kappa shape index (κ1) is 27.5. The molecule has 0 aromatic carbocycles. The van der Waals surface area contributed by atoms with Crippen LogP contribution < -0.4 is 0 Å². The van der Waals surface area contributed by atoms with Gasteiger partial charge in [-0.1, -0.05) is 72.3 Å². The van der Waals surface area contributed by atoms with Crippen molar-refractivity contribution in [3.05, 3.63) is 23.8 Å². The molecular formula is C23H46O3Si2. The molecule has 0 saturated heterocycles. The molecular weight excluding hydrogens is 380 g/mol. The lowest BCUT2D eigenvalue weighted by atomic mass is 9.99. The average molecular weight is 427 g/mol. The number of carbonyl (C=O) groups is 1. The number of ketones is 1. The van der Waals surface area contributed by atoms with E-state index in [-0.39, 0.29) is 27.9 Å². The number of rotatable bonds is 9. The Morgan fingerprint density at radius 3 is 1.79 bits per heavy atom. The Kier molecular flexibility index (Phi) is 9.83. The highest BCUT2D eigenvalue weighted by molar-refractivity contribution is 6.74. The van der Waals surface area contributed by atoms with Gasteiger partial charge in [0.2, 0.25) is 0 Å². The van der Waals surface area contributed by atoms with Crippen LogP contribution in [0.1, 0.15) is 62.3 Å². The molecule has 0 fully saturated rings. The standard InChI is InChI=1S/C23H46O3Si2/c1-18(15-14-16-25-27(10,11)22(4,5)6)17-21(19(2)20(3)24)26-28(12,13)23(7,8)9/h14-15,17,19,21H,16H2,1-13H3/b15-14+,18-17+/t19-,21+/m0/s1. The first-order valence-electron chi connectivity index (χ1n) is 10.5. The third-order valence-electron chi connectivity index (χ3n) is 6.53. The maximum absolute atomic E-state index is 12.0. The zero-order chi connectivity index (χ0) is 22.6. The van der Waals surface area contributed by atoms with Crippen LogP contribution in [0.4, 0.5) is 0 Å². The Bertz CT molecular complexity index is 576. The molecule has 0 bridgehead atoms. The Labute approximate surface area is 177 Å². The minimum absolute atomic E-state index is 0.107. The Morgan fingerprint density at radius 2 is 1.39 bits per heavy atom. The van der Waals surface area contributed by atoms with Crippen LogP contribution in [0, 0.1) is 5.92 Å². The molecule has 0 rings (SSSR count). The largest absolute Gasteiger partial charge is 0.413 e. The molecule has 0 amide bonds. The van der Waals surface area contributed by atoms with Crippen molar-refractivity contribution in [1.29, 1.82) is 0 Å². The van der Waals surface area contributed by atoms with E-state index >= 15 is 0 Å². The van der Waals surface area contributed by atoms with Crippen molar-refractivity contribution in [3.63, 3.8) is 0 Å². The van der Waals surface area contributed by atoms with Crippen molar-refractivity contribution in [3.8, 4) is 0 Å². The van der Waals surface area contributed by atoms with Gasteiger partial charge in [0.15, 0.2) is 16.6 Å². The van der Waals surface area contributed by atoms with Gasteiger partial charge in [0.05, 0.1) is 12.7 Å². The fourth-order valence-electron chi connectivity index (χ4n) is 2.05. The maximum Gasteiger partial charge on any atom is 0.192 e. The number of allylic oxidation sites excluding steroid dienone is 2. The summed E-state index contributed by atoms with van der Waals surface area (Å²) in [6, 6.07) is 0. The van der Waals surface area contributed by atoms with Gasteiger partial charge >= 0.3 is 0 Å². The van der Waals surface area contributed by atoms with Crippen LogP contribution in [-0.2, 0) is 13.6 Å². The van der Waals surface area contributed by atoms with E-state index in [0.717, 1.165) is 5.57 Å². The zero-order valence-electron chi connectivity index (χ0n) is 20.8. The van der Waals surface area contributed by atoms with Crippen molar-refractivity contribution >= 4 is 22.4 Å². The topological polar surface area (TPSA) is 35.5 Å². The molecule has 0 heterocycles. The summed E-state index contributed by atoms with van der Waals surface area (Å²) in [5, 5.41) is 0.321. The molecule has 0 saturated carbocycles. The number of hydrogen-bond acceptors (Lipinski definition) is 3. The van der Waals surface area contributed by atoms with Crippen molar-refractivity contribution in [1.82, 2.24) is 0 Å². The highest BCUT2D eigenvalue weighted by Gasteiger charge is 2.40. The third kappa shape index (κ3) is 8.48. The highest BCUT2D eigenvalue weighted by Crippen LogP contribution is 2.38. The molecule has 0 aliphatic heterocycles. The van der Waals surface area contributed by atoms with E-state index in [1.165, 1.54) is 0 Å². The van der Waals surface area contributed by atoms with E-state index < -0.39 is 16.6 Å². The highest BCUT2D eigenvalue weighted by atomic mass is 28.4. The van der Waals surface area contributed by atoms with Gasteiger partial charge in [0.25, 0.3) is 0 Å².